The predicted molar refractivity (Wildman–Crippen MR) is 105 cm³/mol. The van der Waals surface area contributed by atoms with Crippen molar-refractivity contribution in [3.05, 3.63) is 60.2 Å². The van der Waals surface area contributed by atoms with Crippen LogP contribution in [-0.4, -0.2) is 17.9 Å². The average Bonchev–Trinajstić information content (AvgIpc) is 2.62. The highest BCUT2D eigenvalue weighted by Crippen LogP contribution is 2.42. The summed E-state index contributed by atoms with van der Waals surface area (Å²) in [7, 11) is 0. The van der Waals surface area contributed by atoms with Gasteiger partial charge in [-0.2, -0.15) is 0 Å². The largest absolute Gasteiger partial charge is 0.309 e. The van der Waals surface area contributed by atoms with Gasteiger partial charge in [-0.15, -0.1) is 0 Å². The van der Waals surface area contributed by atoms with Crippen molar-refractivity contribution in [1.29, 1.82) is 0 Å². The van der Waals surface area contributed by atoms with Crippen molar-refractivity contribution in [1.82, 2.24) is 0 Å². The molecule has 0 saturated carbocycles. The molecule has 3 rings (SSSR count). The lowest BCUT2D eigenvalue weighted by atomic mass is 9.89. The molecule has 0 unspecified atom stereocenters. The maximum atomic E-state index is 12.8. The Hall–Kier alpha value is -2.62. The molecule has 0 N–H and O–H groups in total. The molecule has 0 spiro atoms. The van der Waals surface area contributed by atoms with E-state index in [1.165, 1.54) is 0 Å². The first kappa shape index (κ1) is 18.2. The predicted octanol–water partition coefficient (Wildman–Crippen LogP) is 4.56. The second-order valence-corrected chi connectivity index (χ2v) is 7.25. The molecule has 0 fully saturated rings. The molecule has 1 heterocycles. The van der Waals surface area contributed by atoms with Gasteiger partial charge in [0.05, 0.1) is 6.04 Å². The van der Waals surface area contributed by atoms with Crippen LogP contribution in [0.1, 0.15) is 45.7 Å². The van der Waals surface area contributed by atoms with Crippen LogP contribution in [0.25, 0.3) is 0 Å². The fraction of sp³-hybridized carbons (Fsp3) is 0.364. The van der Waals surface area contributed by atoms with Crippen molar-refractivity contribution < 1.29 is 9.59 Å². The summed E-state index contributed by atoms with van der Waals surface area (Å²) in [5.41, 5.74) is 2.83. The summed E-state index contributed by atoms with van der Waals surface area (Å²) < 4.78 is 0. The summed E-state index contributed by atoms with van der Waals surface area (Å²) in [6.07, 6.45) is 0.712. The summed E-state index contributed by atoms with van der Waals surface area (Å²) in [6.45, 7) is 7.52. The van der Waals surface area contributed by atoms with E-state index in [0.717, 1.165) is 16.9 Å². The number of hydrogen-bond donors (Lipinski definition) is 0. The Bertz CT molecular complexity index is 801. The monoisotopic (exact) mass is 350 g/mol. The first-order chi connectivity index (χ1) is 12.4. The highest BCUT2D eigenvalue weighted by Gasteiger charge is 2.38. The number of anilines is 2. The average molecular weight is 350 g/mol. The second-order valence-electron chi connectivity index (χ2n) is 7.25. The number of hydrogen-bond acceptors (Lipinski definition) is 2. The van der Waals surface area contributed by atoms with Crippen molar-refractivity contribution in [2.45, 2.75) is 46.2 Å². The third-order valence-electron chi connectivity index (χ3n) is 4.98. The van der Waals surface area contributed by atoms with Gasteiger partial charge in [-0.1, -0.05) is 50.2 Å². The van der Waals surface area contributed by atoms with Crippen LogP contribution in [0, 0.1) is 5.92 Å². The minimum atomic E-state index is -0.0858. The first-order valence-electron chi connectivity index (χ1n) is 9.18. The van der Waals surface area contributed by atoms with E-state index in [9.17, 15) is 9.59 Å². The third kappa shape index (κ3) is 3.24. The van der Waals surface area contributed by atoms with E-state index in [1.807, 2.05) is 78.2 Å². The molecule has 4 nitrogen and oxygen atoms in total. The maximum Gasteiger partial charge on any atom is 0.229 e. The highest BCUT2D eigenvalue weighted by molar-refractivity contribution is 5.98. The van der Waals surface area contributed by atoms with Gasteiger partial charge in [0.25, 0.3) is 0 Å². The van der Waals surface area contributed by atoms with E-state index < -0.39 is 0 Å². The Morgan fingerprint density at radius 2 is 1.65 bits per heavy atom. The molecule has 2 aromatic rings. The van der Waals surface area contributed by atoms with Crippen LogP contribution in [0.2, 0.25) is 0 Å². The molecule has 4 heteroatoms. The van der Waals surface area contributed by atoms with Gasteiger partial charge in [0.1, 0.15) is 0 Å². The summed E-state index contributed by atoms with van der Waals surface area (Å²) >= 11 is 0. The lowest BCUT2D eigenvalue weighted by molar-refractivity contribution is -0.122. The van der Waals surface area contributed by atoms with Gasteiger partial charge in [-0.25, -0.2) is 0 Å². The number of amides is 2. The van der Waals surface area contributed by atoms with Crippen LogP contribution < -0.4 is 9.80 Å². The van der Waals surface area contributed by atoms with E-state index in [4.69, 9.17) is 0 Å². The highest BCUT2D eigenvalue weighted by atomic mass is 16.2. The van der Waals surface area contributed by atoms with E-state index in [2.05, 4.69) is 6.92 Å². The molecule has 1 aliphatic heterocycles. The Morgan fingerprint density at radius 3 is 2.27 bits per heavy atom. The number of para-hydroxylation sites is 2. The van der Waals surface area contributed by atoms with Gasteiger partial charge < -0.3 is 9.80 Å². The molecule has 2 amide bonds. The third-order valence-corrected chi connectivity index (χ3v) is 4.98. The lowest BCUT2D eigenvalue weighted by Crippen LogP contribution is -2.48. The molecule has 1 aliphatic rings. The number of carbonyl (C=O) groups excluding carboxylic acids is 2. The molecular weight excluding hydrogens is 324 g/mol. The quantitative estimate of drug-likeness (QED) is 0.814. The fourth-order valence-electron chi connectivity index (χ4n) is 3.81. The number of fused-ring (bicyclic) bond motifs is 1. The summed E-state index contributed by atoms with van der Waals surface area (Å²) in [4.78, 5) is 29.1. The number of benzene rings is 2. The molecule has 0 radical (unpaired) electrons. The van der Waals surface area contributed by atoms with Crippen molar-refractivity contribution in [3.63, 3.8) is 0 Å². The van der Waals surface area contributed by atoms with E-state index in [0.29, 0.717) is 6.42 Å². The fourth-order valence-corrected chi connectivity index (χ4v) is 3.81. The Labute approximate surface area is 155 Å². The Balaban J connectivity index is 2.10. The molecule has 0 bridgehead atoms. The van der Waals surface area contributed by atoms with Gasteiger partial charge in [0, 0.05) is 30.3 Å². The smallest absolute Gasteiger partial charge is 0.229 e. The van der Waals surface area contributed by atoms with Gasteiger partial charge in [-0.3, -0.25) is 9.59 Å². The SMILES string of the molecule is CC(=O)N(c1ccccc1)[C@@H]1C[C@H](C)N(C(=O)C(C)C)c2ccccc21. The van der Waals surface area contributed by atoms with Crippen molar-refractivity contribution in [3.8, 4) is 0 Å². The molecule has 0 saturated heterocycles. The molecule has 2 aromatic carbocycles. The van der Waals surface area contributed by atoms with Crippen LogP contribution in [-0.2, 0) is 9.59 Å². The zero-order chi connectivity index (χ0) is 18.8. The van der Waals surface area contributed by atoms with Gasteiger partial charge in [0.15, 0.2) is 0 Å². The van der Waals surface area contributed by atoms with Gasteiger partial charge >= 0.3 is 0 Å². The number of rotatable bonds is 3. The molecule has 0 aromatic heterocycles. The minimum Gasteiger partial charge on any atom is -0.309 e. The normalized spacial score (nSPS) is 19.2. The lowest BCUT2D eigenvalue weighted by Gasteiger charge is -2.43. The van der Waals surface area contributed by atoms with Gasteiger partial charge in [0.2, 0.25) is 11.8 Å². The van der Waals surface area contributed by atoms with E-state index in [1.54, 1.807) is 6.92 Å². The zero-order valence-corrected chi connectivity index (χ0v) is 15.8. The molecule has 2 atom stereocenters. The van der Waals surface area contributed by atoms with Crippen LogP contribution in [0.15, 0.2) is 54.6 Å². The molecule has 136 valence electrons. The standard InChI is InChI=1S/C22H26N2O2/c1-15(2)22(26)23-16(3)14-21(19-12-8-9-13-20(19)23)24(17(4)25)18-10-6-5-7-11-18/h5-13,15-16,21H,14H2,1-4H3/t16-,21+/m0/s1. The van der Waals surface area contributed by atoms with E-state index in [-0.39, 0.29) is 29.8 Å². The maximum absolute atomic E-state index is 12.8. The minimum absolute atomic E-state index is 0.00633. The summed E-state index contributed by atoms with van der Waals surface area (Å²) in [6, 6.07) is 17.6. The summed E-state index contributed by atoms with van der Waals surface area (Å²) in [5.74, 6) is 0.0596. The Kier molecular flexibility index (Phi) is 5.12. The van der Waals surface area contributed by atoms with Crippen molar-refractivity contribution in [2.24, 2.45) is 5.92 Å². The van der Waals surface area contributed by atoms with E-state index >= 15 is 0 Å². The second kappa shape index (κ2) is 7.32. The number of nitrogens with zero attached hydrogens (tertiary/aromatic N) is 2. The van der Waals surface area contributed by atoms with Gasteiger partial charge in [-0.05, 0) is 37.1 Å². The van der Waals surface area contributed by atoms with Crippen molar-refractivity contribution >= 4 is 23.2 Å². The molecular formula is C22H26N2O2. The first-order valence-corrected chi connectivity index (χ1v) is 9.18. The molecule has 26 heavy (non-hydrogen) atoms. The Morgan fingerprint density at radius 1 is 1.04 bits per heavy atom. The van der Waals surface area contributed by atoms with Crippen molar-refractivity contribution in [2.75, 3.05) is 9.80 Å². The molecule has 0 aliphatic carbocycles. The summed E-state index contributed by atoms with van der Waals surface area (Å²) in [5, 5.41) is 0. The van der Waals surface area contributed by atoms with Crippen LogP contribution in [0.3, 0.4) is 0 Å². The van der Waals surface area contributed by atoms with Crippen LogP contribution in [0.4, 0.5) is 11.4 Å². The van der Waals surface area contributed by atoms with Crippen LogP contribution in [0.5, 0.6) is 0 Å². The zero-order valence-electron chi connectivity index (χ0n) is 15.8. The number of carbonyl (C=O) groups is 2. The van der Waals surface area contributed by atoms with Crippen LogP contribution >= 0.6 is 0 Å². The topological polar surface area (TPSA) is 40.6 Å².